The van der Waals surface area contributed by atoms with Gasteiger partial charge in [0.1, 0.15) is 0 Å². The molecule has 15 heavy (non-hydrogen) atoms. The van der Waals surface area contributed by atoms with Crippen LogP contribution < -0.4 is 4.98 Å². The lowest BCUT2D eigenvalue weighted by Crippen LogP contribution is -2.51. The van der Waals surface area contributed by atoms with Crippen LogP contribution in [0.4, 0.5) is 5.69 Å². The van der Waals surface area contributed by atoms with Gasteiger partial charge in [0.15, 0.2) is 0 Å². The molecule has 1 rings (SSSR count). The number of hydrogen-bond donors (Lipinski definition) is 1. The van der Waals surface area contributed by atoms with Crippen molar-refractivity contribution >= 4 is 26.3 Å². The van der Waals surface area contributed by atoms with E-state index in [0.29, 0.717) is 5.02 Å². The van der Waals surface area contributed by atoms with E-state index in [0.717, 1.165) is 5.69 Å². The van der Waals surface area contributed by atoms with Crippen LogP contribution in [0.1, 0.15) is 0 Å². The van der Waals surface area contributed by atoms with Gasteiger partial charge in [0.05, 0.1) is 0 Å². The molecule has 1 aromatic carbocycles. The quantitative estimate of drug-likeness (QED) is 0.810. The summed E-state index contributed by atoms with van der Waals surface area (Å²) < 4.78 is 15.7. The summed E-state index contributed by atoms with van der Waals surface area (Å²) in [5, 5.41) is 0.681. The monoisotopic (exact) mass is 247 g/mol. The maximum atomic E-state index is 5.77. The van der Waals surface area contributed by atoms with E-state index in [9.17, 15) is 0 Å². The Labute approximate surface area is 95.6 Å². The van der Waals surface area contributed by atoms with E-state index in [1.54, 1.807) is 33.5 Å². The van der Waals surface area contributed by atoms with E-state index in [4.69, 9.17) is 24.9 Å². The largest absolute Gasteiger partial charge is 0.630 e. The molecular formula is C9H14ClNO3Si. The van der Waals surface area contributed by atoms with Gasteiger partial charge in [-0.1, -0.05) is 11.6 Å². The zero-order chi connectivity index (χ0) is 11.3. The third-order valence-electron chi connectivity index (χ3n) is 1.95. The van der Waals surface area contributed by atoms with Gasteiger partial charge in [0.25, 0.3) is 0 Å². The molecule has 1 aromatic rings. The Hall–Kier alpha value is -0.593. The molecule has 0 aliphatic heterocycles. The lowest BCUT2D eigenvalue weighted by molar-refractivity contribution is 0.132. The third kappa shape index (κ3) is 3.18. The van der Waals surface area contributed by atoms with Crippen LogP contribution in [0.2, 0.25) is 5.02 Å². The summed E-state index contributed by atoms with van der Waals surface area (Å²) in [6.45, 7) is 0. The highest BCUT2D eigenvalue weighted by molar-refractivity contribution is 6.64. The molecule has 1 N–H and O–H groups in total. The van der Waals surface area contributed by atoms with E-state index >= 15 is 0 Å². The van der Waals surface area contributed by atoms with Gasteiger partial charge in [0.2, 0.25) is 0 Å². The topological polar surface area (TPSA) is 39.7 Å². The molecule has 0 aliphatic carbocycles. The van der Waals surface area contributed by atoms with Crippen molar-refractivity contribution in [1.82, 2.24) is 0 Å². The Balaban J connectivity index is 2.78. The van der Waals surface area contributed by atoms with Crippen molar-refractivity contribution in [2.75, 3.05) is 26.3 Å². The number of rotatable bonds is 5. The maximum absolute atomic E-state index is 5.77. The molecule has 0 saturated heterocycles. The molecule has 0 bridgehead atoms. The van der Waals surface area contributed by atoms with Crippen molar-refractivity contribution in [3.05, 3.63) is 29.3 Å². The lowest BCUT2D eigenvalue weighted by atomic mass is 10.3. The minimum absolute atomic E-state index is 0.681. The summed E-state index contributed by atoms with van der Waals surface area (Å²) >= 11 is 5.77. The summed E-state index contributed by atoms with van der Waals surface area (Å²) in [7, 11) is 1.86. The van der Waals surface area contributed by atoms with Crippen LogP contribution in [0, 0.1) is 0 Å². The lowest BCUT2D eigenvalue weighted by Gasteiger charge is -2.25. The minimum atomic E-state index is -2.77. The standard InChI is InChI=1S/C9H14ClNO3Si/c1-12-15(13-2,14-3)11-9-6-4-8(10)5-7-9/h4-7,11H,1-3H3. The first-order valence-corrected chi connectivity index (χ1v) is 6.45. The normalized spacial score (nSPS) is 11.5. The molecule has 0 saturated carbocycles. The fourth-order valence-electron chi connectivity index (χ4n) is 1.11. The van der Waals surface area contributed by atoms with Crippen molar-refractivity contribution < 1.29 is 13.3 Å². The fraction of sp³-hybridized carbons (Fsp3) is 0.333. The fourth-order valence-corrected chi connectivity index (χ4v) is 2.57. The minimum Gasteiger partial charge on any atom is -0.360 e. The molecule has 0 spiro atoms. The molecule has 0 heterocycles. The van der Waals surface area contributed by atoms with Gasteiger partial charge in [-0.3, -0.25) is 0 Å². The molecular weight excluding hydrogens is 234 g/mol. The number of benzene rings is 1. The average Bonchev–Trinajstić information content (AvgIpc) is 2.29. The molecule has 0 radical (unpaired) electrons. The van der Waals surface area contributed by atoms with Crippen LogP contribution in [-0.4, -0.2) is 30.3 Å². The van der Waals surface area contributed by atoms with Crippen molar-refractivity contribution in [3.63, 3.8) is 0 Å². The summed E-state index contributed by atoms with van der Waals surface area (Å²) in [5.74, 6) is 0. The van der Waals surface area contributed by atoms with Gasteiger partial charge in [-0.2, -0.15) is 0 Å². The second kappa shape index (κ2) is 5.48. The molecule has 4 nitrogen and oxygen atoms in total. The Bertz CT molecular complexity index is 294. The summed E-state index contributed by atoms with van der Waals surface area (Å²) in [6.07, 6.45) is 0. The average molecular weight is 248 g/mol. The number of anilines is 1. The van der Waals surface area contributed by atoms with Crippen LogP contribution in [0.3, 0.4) is 0 Å². The molecule has 0 amide bonds. The van der Waals surface area contributed by atoms with Gasteiger partial charge in [-0.25, -0.2) is 0 Å². The summed E-state index contributed by atoms with van der Waals surface area (Å²) in [5.41, 5.74) is 0.844. The molecule has 84 valence electrons. The molecule has 0 unspecified atom stereocenters. The van der Waals surface area contributed by atoms with Crippen LogP contribution in [0.5, 0.6) is 0 Å². The SMILES string of the molecule is CO[Si](Nc1ccc(Cl)cc1)(OC)OC. The van der Waals surface area contributed by atoms with E-state index in [1.807, 2.05) is 12.1 Å². The Morgan fingerprint density at radius 1 is 1.00 bits per heavy atom. The second-order valence-corrected chi connectivity index (χ2v) is 5.82. The zero-order valence-corrected chi connectivity index (χ0v) is 10.7. The van der Waals surface area contributed by atoms with Crippen LogP contribution in [-0.2, 0) is 13.3 Å². The Morgan fingerprint density at radius 3 is 1.87 bits per heavy atom. The molecule has 0 fully saturated rings. The predicted molar refractivity (Wildman–Crippen MR) is 61.9 cm³/mol. The van der Waals surface area contributed by atoms with Crippen molar-refractivity contribution in [2.24, 2.45) is 0 Å². The van der Waals surface area contributed by atoms with Crippen molar-refractivity contribution in [2.45, 2.75) is 0 Å². The molecule has 0 aliphatic rings. The smallest absolute Gasteiger partial charge is 0.360 e. The zero-order valence-electron chi connectivity index (χ0n) is 8.91. The Morgan fingerprint density at radius 2 is 1.47 bits per heavy atom. The summed E-state index contributed by atoms with van der Waals surface area (Å²) in [6, 6.07) is 7.23. The predicted octanol–water partition coefficient (Wildman–Crippen LogP) is 2.13. The van der Waals surface area contributed by atoms with Gasteiger partial charge >= 0.3 is 8.97 Å². The van der Waals surface area contributed by atoms with Crippen molar-refractivity contribution in [1.29, 1.82) is 0 Å². The van der Waals surface area contributed by atoms with Crippen LogP contribution >= 0.6 is 11.6 Å². The van der Waals surface area contributed by atoms with E-state index in [-0.39, 0.29) is 0 Å². The summed E-state index contributed by atoms with van der Waals surface area (Å²) in [4.78, 5) is 3.08. The number of hydrogen-bond acceptors (Lipinski definition) is 4. The third-order valence-corrected chi connectivity index (χ3v) is 4.41. The van der Waals surface area contributed by atoms with Crippen LogP contribution in [0.25, 0.3) is 0 Å². The van der Waals surface area contributed by atoms with Gasteiger partial charge in [0, 0.05) is 32.0 Å². The van der Waals surface area contributed by atoms with E-state index in [1.165, 1.54) is 0 Å². The van der Waals surface area contributed by atoms with E-state index in [2.05, 4.69) is 4.98 Å². The first-order chi connectivity index (χ1) is 7.15. The first-order valence-electron chi connectivity index (χ1n) is 4.35. The van der Waals surface area contributed by atoms with Crippen LogP contribution in [0.15, 0.2) is 24.3 Å². The van der Waals surface area contributed by atoms with E-state index < -0.39 is 8.97 Å². The maximum Gasteiger partial charge on any atom is 0.630 e. The van der Waals surface area contributed by atoms with Gasteiger partial charge in [-0.05, 0) is 24.3 Å². The molecule has 0 aromatic heterocycles. The van der Waals surface area contributed by atoms with Gasteiger partial charge in [-0.15, -0.1) is 0 Å². The highest BCUT2D eigenvalue weighted by Crippen LogP contribution is 2.17. The first kappa shape index (κ1) is 12.5. The molecule has 0 atom stereocenters. The highest BCUT2D eigenvalue weighted by Gasteiger charge is 2.39. The number of nitrogens with one attached hydrogen (secondary N) is 1. The van der Waals surface area contributed by atoms with Crippen molar-refractivity contribution in [3.8, 4) is 0 Å². The van der Waals surface area contributed by atoms with Gasteiger partial charge < -0.3 is 18.3 Å². The second-order valence-electron chi connectivity index (χ2n) is 2.80. The number of halogens is 1. The highest BCUT2D eigenvalue weighted by atomic mass is 35.5. The molecule has 6 heteroatoms. The Kier molecular flexibility index (Phi) is 4.56.